The predicted molar refractivity (Wildman–Crippen MR) is 99.9 cm³/mol. The molecule has 1 atom stereocenters. The number of likely N-dealkylation sites (tertiary alicyclic amines) is 1. The molecule has 1 saturated heterocycles. The van der Waals surface area contributed by atoms with E-state index in [9.17, 15) is 19.4 Å². The van der Waals surface area contributed by atoms with Gasteiger partial charge in [0.15, 0.2) is 0 Å². The van der Waals surface area contributed by atoms with Gasteiger partial charge in [-0.3, -0.25) is 0 Å². The summed E-state index contributed by atoms with van der Waals surface area (Å²) >= 11 is 1.54. The van der Waals surface area contributed by atoms with E-state index in [2.05, 4.69) is 0 Å². The number of thioether (sulfide) groups is 1. The minimum Gasteiger partial charge on any atom is -0.478 e. The van der Waals surface area contributed by atoms with Crippen LogP contribution in [0.4, 0.5) is 4.39 Å². The molecule has 140 valence electrons. The number of β-amino-alcohol motifs (C(OH)–C–C–N with tert-alkyl or cyclic N) is 1. The Hall–Kier alpha value is -1.99. The standard InChI is InChI=1S/C19H23FN2O3S/c1-3-26-18-17(19(24)25)12(2)7-16(21-10-15(23)11-21)22(18)9-13-5-4-6-14(20)8-13/h4-8,15,18,23H,3,9-11H2,1-2H3,(H,24,25). The molecular weight excluding hydrogens is 355 g/mol. The summed E-state index contributed by atoms with van der Waals surface area (Å²) in [6.45, 7) is 5.24. The summed E-state index contributed by atoms with van der Waals surface area (Å²) in [5.74, 6) is 0.392. The number of aliphatic hydroxyl groups excluding tert-OH is 1. The quantitative estimate of drug-likeness (QED) is 0.794. The van der Waals surface area contributed by atoms with Crippen molar-refractivity contribution in [2.45, 2.75) is 31.9 Å². The summed E-state index contributed by atoms with van der Waals surface area (Å²) in [4.78, 5) is 15.9. The number of hydrogen-bond donors (Lipinski definition) is 2. The summed E-state index contributed by atoms with van der Waals surface area (Å²) < 4.78 is 13.6. The van der Waals surface area contributed by atoms with E-state index in [4.69, 9.17) is 0 Å². The van der Waals surface area contributed by atoms with Crippen molar-refractivity contribution in [3.05, 3.63) is 58.7 Å². The Balaban J connectivity index is 2.00. The first kappa shape index (κ1) is 18.8. The number of nitrogens with zero attached hydrogens (tertiary/aromatic N) is 2. The molecule has 0 saturated carbocycles. The van der Waals surface area contributed by atoms with Gasteiger partial charge in [-0.15, -0.1) is 11.8 Å². The molecule has 2 heterocycles. The van der Waals surface area contributed by atoms with Gasteiger partial charge in [0.1, 0.15) is 17.0 Å². The second-order valence-corrected chi connectivity index (χ2v) is 7.89. The van der Waals surface area contributed by atoms with Crippen LogP contribution in [0.15, 0.2) is 47.3 Å². The highest BCUT2D eigenvalue weighted by atomic mass is 32.2. The third kappa shape index (κ3) is 3.73. The van der Waals surface area contributed by atoms with Gasteiger partial charge in [-0.25, -0.2) is 9.18 Å². The van der Waals surface area contributed by atoms with Crippen LogP contribution in [0.1, 0.15) is 19.4 Å². The van der Waals surface area contributed by atoms with Crippen molar-refractivity contribution in [1.29, 1.82) is 0 Å². The van der Waals surface area contributed by atoms with Crippen molar-refractivity contribution in [2.75, 3.05) is 18.8 Å². The largest absolute Gasteiger partial charge is 0.478 e. The average molecular weight is 378 g/mol. The zero-order chi connectivity index (χ0) is 18.8. The fourth-order valence-corrected chi connectivity index (χ4v) is 4.47. The Morgan fingerprint density at radius 3 is 2.69 bits per heavy atom. The predicted octanol–water partition coefficient (Wildman–Crippen LogP) is 2.64. The molecule has 1 fully saturated rings. The van der Waals surface area contributed by atoms with Gasteiger partial charge in [-0.2, -0.15) is 0 Å². The van der Waals surface area contributed by atoms with Crippen molar-refractivity contribution in [1.82, 2.24) is 9.80 Å². The van der Waals surface area contributed by atoms with E-state index in [0.717, 1.165) is 22.7 Å². The van der Waals surface area contributed by atoms with Crippen molar-refractivity contribution in [3.63, 3.8) is 0 Å². The molecule has 0 spiro atoms. The molecule has 0 amide bonds. The molecule has 1 aromatic carbocycles. The Kier molecular flexibility index (Phi) is 5.58. The maximum absolute atomic E-state index is 13.6. The molecule has 7 heteroatoms. The van der Waals surface area contributed by atoms with E-state index in [-0.39, 0.29) is 17.3 Å². The van der Waals surface area contributed by atoms with Crippen molar-refractivity contribution >= 4 is 17.7 Å². The molecule has 0 aromatic heterocycles. The molecule has 2 aliphatic rings. The van der Waals surface area contributed by atoms with E-state index in [0.29, 0.717) is 25.2 Å². The fourth-order valence-electron chi connectivity index (χ4n) is 3.34. The highest BCUT2D eigenvalue weighted by molar-refractivity contribution is 8.00. The number of allylic oxidation sites excluding steroid dienone is 2. The molecule has 26 heavy (non-hydrogen) atoms. The molecule has 2 N–H and O–H groups in total. The minimum atomic E-state index is -0.934. The van der Waals surface area contributed by atoms with E-state index < -0.39 is 5.97 Å². The van der Waals surface area contributed by atoms with Gasteiger partial charge in [-0.05, 0) is 42.0 Å². The molecule has 1 aromatic rings. The normalized spacial score (nSPS) is 20.9. The fraction of sp³-hybridized carbons (Fsp3) is 0.421. The maximum Gasteiger partial charge on any atom is 0.334 e. The van der Waals surface area contributed by atoms with Gasteiger partial charge in [0.25, 0.3) is 0 Å². The van der Waals surface area contributed by atoms with Gasteiger partial charge in [0.2, 0.25) is 0 Å². The Bertz CT molecular complexity index is 759. The lowest BCUT2D eigenvalue weighted by Gasteiger charge is -2.48. The summed E-state index contributed by atoms with van der Waals surface area (Å²) in [6, 6.07) is 6.37. The monoisotopic (exact) mass is 378 g/mol. The molecule has 0 bridgehead atoms. The Morgan fingerprint density at radius 2 is 2.12 bits per heavy atom. The van der Waals surface area contributed by atoms with Crippen LogP contribution in [0.5, 0.6) is 0 Å². The third-order valence-corrected chi connectivity index (χ3v) is 5.72. The number of aliphatic carboxylic acids is 1. The number of hydrogen-bond acceptors (Lipinski definition) is 5. The lowest BCUT2D eigenvalue weighted by Crippen LogP contribution is -2.55. The number of rotatable bonds is 6. The molecule has 0 aliphatic carbocycles. The van der Waals surface area contributed by atoms with Gasteiger partial charge in [-0.1, -0.05) is 19.1 Å². The van der Waals surface area contributed by atoms with Crippen LogP contribution in [-0.4, -0.2) is 56.3 Å². The molecule has 3 rings (SSSR count). The lowest BCUT2D eigenvalue weighted by atomic mass is 10.0. The smallest absolute Gasteiger partial charge is 0.334 e. The molecular formula is C19H23FN2O3S. The number of carboxylic acid groups (broad SMARTS) is 1. The van der Waals surface area contributed by atoms with E-state index in [1.165, 1.54) is 12.1 Å². The van der Waals surface area contributed by atoms with Gasteiger partial charge < -0.3 is 20.0 Å². The summed E-state index contributed by atoms with van der Waals surface area (Å²) in [5.41, 5.74) is 1.86. The zero-order valence-electron chi connectivity index (χ0n) is 14.9. The molecule has 2 aliphatic heterocycles. The zero-order valence-corrected chi connectivity index (χ0v) is 15.7. The van der Waals surface area contributed by atoms with Crippen molar-refractivity contribution < 1.29 is 19.4 Å². The molecule has 0 radical (unpaired) electrons. The van der Waals surface area contributed by atoms with Gasteiger partial charge >= 0.3 is 5.97 Å². The Labute approximate surface area is 156 Å². The summed E-state index contributed by atoms with van der Waals surface area (Å²) in [6.07, 6.45) is 1.50. The lowest BCUT2D eigenvalue weighted by molar-refractivity contribution is -0.133. The van der Waals surface area contributed by atoms with E-state index in [1.54, 1.807) is 17.8 Å². The number of carboxylic acids is 1. The first-order chi connectivity index (χ1) is 12.4. The van der Waals surface area contributed by atoms with Crippen LogP contribution in [0.3, 0.4) is 0 Å². The second-order valence-electron chi connectivity index (χ2n) is 6.53. The van der Waals surface area contributed by atoms with Crippen LogP contribution in [-0.2, 0) is 11.3 Å². The number of aliphatic hydroxyl groups is 1. The van der Waals surface area contributed by atoms with Crippen LogP contribution >= 0.6 is 11.8 Å². The molecule has 5 nitrogen and oxygen atoms in total. The van der Waals surface area contributed by atoms with E-state index >= 15 is 0 Å². The Morgan fingerprint density at radius 1 is 1.38 bits per heavy atom. The summed E-state index contributed by atoms with van der Waals surface area (Å²) in [5, 5.41) is 19.1. The third-order valence-electron chi connectivity index (χ3n) is 4.58. The first-order valence-electron chi connectivity index (χ1n) is 8.62. The topological polar surface area (TPSA) is 64.0 Å². The van der Waals surface area contributed by atoms with Crippen molar-refractivity contribution in [2.24, 2.45) is 0 Å². The van der Waals surface area contributed by atoms with Crippen LogP contribution < -0.4 is 0 Å². The van der Waals surface area contributed by atoms with Crippen LogP contribution in [0.25, 0.3) is 0 Å². The first-order valence-corrected chi connectivity index (χ1v) is 9.67. The van der Waals surface area contributed by atoms with E-state index in [1.807, 2.05) is 35.8 Å². The van der Waals surface area contributed by atoms with Gasteiger partial charge in [0.05, 0.1) is 11.7 Å². The number of halogens is 1. The SMILES string of the molecule is CCSC1C(C(=O)O)=C(C)C=C(N2CC(O)C2)N1Cc1cccc(F)c1. The summed E-state index contributed by atoms with van der Waals surface area (Å²) in [7, 11) is 0. The average Bonchev–Trinajstić information content (AvgIpc) is 2.54. The van der Waals surface area contributed by atoms with Crippen molar-refractivity contribution in [3.8, 4) is 0 Å². The highest BCUT2D eigenvalue weighted by Crippen LogP contribution is 2.37. The van der Waals surface area contributed by atoms with Crippen LogP contribution in [0.2, 0.25) is 0 Å². The number of carbonyl (C=O) groups is 1. The second kappa shape index (κ2) is 7.72. The number of benzene rings is 1. The maximum atomic E-state index is 13.6. The van der Waals surface area contributed by atoms with Crippen LogP contribution in [0, 0.1) is 5.82 Å². The molecule has 1 unspecified atom stereocenters. The minimum absolute atomic E-state index is 0.311. The van der Waals surface area contributed by atoms with Gasteiger partial charge in [0, 0.05) is 19.6 Å². The highest BCUT2D eigenvalue weighted by Gasteiger charge is 2.38.